The summed E-state index contributed by atoms with van der Waals surface area (Å²) in [6.07, 6.45) is 0. The van der Waals surface area contributed by atoms with E-state index in [1.54, 1.807) is 20.2 Å². The van der Waals surface area contributed by atoms with E-state index in [2.05, 4.69) is 5.32 Å². The highest BCUT2D eigenvalue weighted by Gasteiger charge is 2.49. The summed E-state index contributed by atoms with van der Waals surface area (Å²) in [5.41, 5.74) is 0.927. The first-order valence-corrected chi connectivity index (χ1v) is 8.34. The lowest BCUT2D eigenvalue weighted by Crippen LogP contribution is -2.61. The minimum Gasteiger partial charge on any atom is -0.497 e. The van der Waals surface area contributed by atoms with Crippen molar-refractivity contribution in [1.29, 1.82) is 0 Å². The van der Waals surface area contributed by atoms with Crippen molar-refractivity contribution in [3.05, 3.63) is 53.6 Å². The normalized spacial score (nSPS) is 18.8. The van der Waals surface area contributed by atoms with Gasteiger partial charge in [-0.05, 0) is 49.2 Å². The number of likely N-dealkylation sites (N-methyl/N-ethyl adjacent to an activating group) is 1. The van der Waals surface area contributed by atoms with Crippen LogP contribution >= 0.6 is 0 Å². The van der Waals surface area contributed by atoms with Crippen LogP contribution in [-0.2, 0) is 16.1 Å². The highest BCUT2D eigenvalue weighted by Crippen LogP contribution is 2.37. The van der Waals surface area contributed by atoms with E-state index >= 15 is 0 Å². The van der Waals surface area contributed by atoms with E-state index in [4.69, 9.17) is 9.47 Å². The summed E-state index contributed by atoms with van der Waals surface area (Å²) in [6.45, 7) is 3.70. The lowest BCUT2D eigenvalue weighted by atomic mass is 9.99. The summed E-state index contributed by atoms with van der Waals surface area (Å²) in [6, 6.07) is 12.9. The average molecular weight is 354 g/mol. The molecule has 2 aromatic rings. The molecule has 1 aliphatic rings. The number of hydrogen-bond acceptors (Lipinski definition) is 4. The molecule has 6 nitrogen and oxygen atoms in total. The highest BCUT2D eigenvalue weighted by atomic mass is 16.5. The Bertz CT molecular complexity index is 865. The molecule has 0 radical (unpaired) electrons. The zero-order valence-corrected chi connectivity index (χ0v) is 15.3. The molecule has 136 valence electrons. The van der Waals surface area contributed by atoms with E-state index in [0.29, 0.717) is 17.2 Å². The number of aryl methyl sites for hydroxylation is 1. The number of carbonyl (C=O) groups excluding carboxylic acids is 2. The summed E-state index contributed by atoms with van der Waals surface area (Å²) >= 11 is 0. The van der Waals surface area contributed by atoms with Crippen LogP contribution in [0.15, 0.2) is 42.5 Å². The second-order valence-corrected chi connectivity index (χ2v) is 6.50. The van der Waals surface area contributed by atoms with Gasteiger partial charge in [-0.25, -0.2) is 0 Å². The number of anilines is 1. The lowest BCUT2D eigenvalue weighted by Gasteiger charge is -2.38. The fraction of sp³-hybridized carbons (Fsp3) is 0.300. The van der Waals surface area contributed by atoms with Crippen molar-refractivity contribution >= 4 is 17.5 Å². The molecule has 0 spiro atoms. The molecule has 1 atom stereocenters. The van der Waals surface area contributed by atoms with Crippen LogP contribution < -0.4 is 19.7 Å². The van der Waals surface area contributed by atoms with Crippen molar-refractivity contribution in [2.24, 2.45) is 0 Å². The molecule has 6 heteroatoms. The van der Waals surface area contributed by atoms with Gasteiger partial charge in [0.2, 0.25) is 0 Å². The Kier molecular flexibility index (Phi) is 4.59. The zero-order valence-electron chi connectivity index (χ0n) is 15.3. The van der Waals surface area contributed by atoms with Crippen LogP contribution in [0.4, 0.5) is 5.69 Å². The maximum atomic E-state index is 12.8. The molecule has 0 aliphatic carbocycles. The summed E-state index contributed by atoms with van der Waals surface area (Å²) in [5.74, 6) is 0.329. The Morgan fingerprint density at radius 1 is 1.27 bits per heavy atom. The van der Waals surface area contributed by atoms with Crippen molar-refractivity contribution in [2.75, 3.05) is 19.1 Å². The fourth-order valence-corrected chi connectivity index (χ4v) is 2.95. The van der Waals surface area contributed by atoms with Crippen LogP contribution in [0, 0.1) is 6.92 Å². The van der Waals surface area contributed by atoms with Crippen LogP contribution in [0.1, 0.15) is 18.1 Å². The number of benzene rings is 2. The van der Waals surface area contributed by atoms with Gasteiger partial charge in [0.1, 0.15) is 11.5 Å². The summed E-state index contributed by atoms with van der Waals surface area (Å²) < 4.78 is 11.0. The molecule has 1 N–H and O–H groups in total. The summed E-state index contributed by atoms with van der Waals surface area (Å²) in [5, 5.41) is 2.79. The van der Waals surface area contributed by atoms with Gasteiger partial charge in [-0.2, -0.15) is 0 Å². The van der Waals surface area contributed by atoms with Gasteiger partial charge in [-0.3, -0.25) is 9.59 Å². The molecule has 3 rings (SSSR count). The number of methoxy groups -OCH3 is 1. The number of nitrogens with zero attached hydrogens (tertiary/aromatic N) is 1. The Balaban J connectivity index is 1.79. The van der Waals surface area contributed by atoms with Gasteiger partial charge < -0.3 is 19.7 Å². The molecule has 26 heavy (non-hydrogen) atoms. The zero-order chi connectivity index (χ0) is 18.9. The third-order valence-electron chi connectivity index (χ3n) is 4.52. The van der Waals surface area contributed by atoms with Crippen LogP contribution in [0.2, 0.25) is 0 Å². The number of fused-ring (bicyclic) bond motifs is 1. The predicted molar refractivity (Wildman–Crippen MR) is 98.5 cm³/mol. The third kappa shape index (κ3) is 3.10. The van der Waals surface area contributed by atoms with Crippen molar-refractivity contribution in [3.63, 3.8) is 0 Å². The molecule has 0 saturated carbocycles. The largest absolute Gasteiger partial charge is 0.497 e. The third-order valence-corrected chi connectivity index (χ3v) is 4.52. The quantitative estimate of drug-likeness (QED) is 0.857. The molecule has 1 unspecified atom stereocenters. The molecule has 0 fully saturated rings. The first kappa shape index (κ1) is 17.8. The standard InChI is InChI=1S/C20H22N2O4/c1-13-8-9-17-16(10-13)22(3)19(24)20(2,26-17)18(23)21-12-14-6-5-7-15(11-14)25-4/h5-11H,12H2,1-4H3,(H,21,23). The Hall–Kier alpha value is -3.02. The maximum Gasteiger partial charge on any atom is 0.280 e. The van der Waals surface area contributed by atoms with Crippen molar-refractivity contribution in [1.82, 2.24) is 5.32 Å². The first-order chi connectivity index (χ1) is 12.3. The van der Waals surface area contributed by atoms with Gasteiger partial charge >= 0.3 is 0 Å². The monoisotopic (exact) mass is 354 g/mol. The van der Waals surface area contributed by atoms with E-state index in [-0.39, 0.29) is 6.54 Å². The molecule has 0 aromatic heterocycles. The fourth-order valence-electron chi connectivity index (χ4n) is 2.95. The van der Waals surface area contributed by atoms with Crippen LogP contribution in [0.5, 0.6) is 11.5 Å². The number of carbonyl (C=O) groups is 2. The van der Waals surface area contributed by atoms with E-state index in [1.165, 1.54) is 11.8 Å². The minimum atomic E-state index is -1.62. The van der Waals surface area contributed by atoms with Crippen molar-refractivity contribution < 1.29 is 19.1 Å². The second kappa shape index (κ2) is 6.71. The molecular weight excluding hydrogens is 332 g/mol. The Morgan fingerprint density at radius 3 is 2.77 bits per heavy atom. The summed E-state index contributed by atoms with van der Waals surface area (Å²) in [4.78, 5) is 27.0. The molecular formula is C20H22N2O4. The van der Waals surface area contributed by atoms with E-state index in [1.807, 2.05) is 43.3 Å². The molecule has 1 aliphatic heterocycles. The average Bonchev–Trinajstić information content (AvgIpc) is 2.65. The molecule has 2 aromatic carbocycles. The van der Waals surface area contributed by atoms with Gasteiger partial charge in [-0.1, -0.05) is 18.2 Å². The van der Waals surface area contributed by atoms with Crippen molar-refractivity contribution in [3.8, 4) is 11.5 Å². The molecule has 2 amide bonds. The van der Waals surface area contributed by atoms with Crippen LogP contribution in [0.25, 0.3) is 0 Å². The number of hydrogen-bond donors (Lipinski definition) is 1. The highest BCUT2D eigenvalue weighted by molar-refractivity contribution is 6.16. The number of amides is 2. The molecule has 1 heterocycles. The SMILES string of the molecule is COc1cccc(CNC(=O)C2(C)Oc3ccc(C)cc3N(C)C2=O)c1. The number of rotatable bonds is 4. The van der Waals surface area contributed by atoms with Gasteiger partial charge in [0.05, 0.1) is 12.8 Å². The maximum absolute atomic E-state index is 12.8. The number of nitrogens with one attached hydrogen (secondary N) is 1. The van der Waals surface area contributed by atoms with E-state index in [9.17, 15) is 9.59 Å². The second-order valence-electron chi connectivity index (χ2n) is 6.50. The first-order valence-electron chi connectivity index (χ1n) is 8.34. The topological polar surface area (TPSA) is 67.9 Å². The van der Waals surface area contributed by atoms with Crippen LogP contribution in [0.3, 0.4) is 0 Å². The van der Waals surface area contributed by atoms with Gasteiger partial charge in [0.15, 0.2) is 0 Å². The number of ether oxygens (including phenoxy) is 2. The van der Waals surface area contributed by atoms with E-state index < -0.39 is 17.4 Å². The van der Waals surface area contributed by atoms with E-state index in [0.717, 1.165) is 11.1 Å². The van der Waals surface area contributed by atoms with Gasteiger partial charge in [0.25, 0.3) is 17.4 Å². The molecule has 0 bridgehead atoms. The predicted octanol–water partition coefficient (Wildman–Crippen LogP) is 2.43. The summed E-state index contributed by atoms with van der Waals surface area (Å²) in [7, 11) is 3.24. The lowest BCUT2D eigenvalue weighted by molar-refractivity contribution is -0.148. The Labute approximate surface area is 152 Å². The van der Waals surface area contributed by atoms with Gasteiger partial charge in [-0.15, -0.1) is 0 Å². The smallest absolute Gasteiger partial charge is 0.280 e. The van der Waals surface area contributed by atoms with Crippen molar-refractivity contribution in [2.45, 2.75) is 26.0 Å². The minimum absolute atomic E-state index is 0.271. The molecule has 0 saturated heterocycles. The Morgan fingerprint density at radius 2 is 2.04 bits per heavy atom. The van der Waals surface area contributed by atoms with Gasteiger partial charge in [0, 0.05) is 13.6 Å². The van der Waals surface area contributed by atoms with Crippen LogP contribution in [-0.4, -0.2) is 31.6 Å².